The predicted octanol–water partition coefficient (Wildman–Crippen LogP) is 2.45. The zero-order chi connectivity index (χ0) is 18.1. The van der Waals surface area contributed by atoms with Crippen molar-refractivity contribution in [2.24, 2.45) is 0 Å². The minimum Gasteiger partial charge on any atom is -0.426 e. The van der Waals surface area contributed by atoms with Crippen LogP contribution in [-0.2, 0) is 12.4 Å². The van der Waals surface area contributed by atoms with Gasteiger partial charge in [0.2, 0.25) is 0 Å². The van der Waals surface area contributed by atoms with Crippen LogP contribution < -0.4 is 24.2 Å². The molecule has 128 valence electrons. The Kier molecular flexibility index (Phi) is 6.92. The molecule has 0 bridgehead atoms. The second kappa shape index (κ2) is 7.95. The average molecular weight is 370 g/mol. The van der Waals surface area contributed by atoms with E-state index in [4.69, 9.17) is 0 Å². The van der Waals surface area contributed by atoms with Crippen LogP contribution in [0.3, 0.4) is 0 Å². The summed E-state index contributed by atoms with van der Waals surface area (Å²) in [5, 5.41) is 0.315. The van der Waals surface area contributed by atoms with Crippen molar-refractivity contribution in [1.82, 2.24) is 0 Å². The van der Waals surface area contributed by atoms with Crippen molar-refractivity contribution < 1.29 is 50.0 Å². The molecule has 2 aromatic carbocycles. The van der Waals surface area contributed by atoms with Crippen LogP contribution in [0.4, 0.5) is 26.3 Å². The number of aryl methyl sites for hydroxylation is 1. The van der Waals surface area contributed by atoms with Crippen molar-refractivity contribution in [3.8, 4) is 0 Å². The molecular formula is C16H10F6LiOP. The van der Waals surface area contributed by atoms with Crippen molar-refractivity contribution in [2.45, 2.75) is 19.3 Å². The Morgan fingerprint density at radius 2 is 1.28 bits per heavy atom. The van der Waals surface area contributed by atoms with Crippen LogP contribution in [0, 0.1) is 6.92 Å². The number of hydrogen-bond donors (Lipinski definition) is 0. The van der Waals surface area contributed by atoms with Gasteiger partial charge in [-0.2, -0.15) is 31.6 Å². The predicted molar refractivity (Wildman–Crippen MR) is 78.5 cm³/mol. The number of halogens is 6. The summed E-state index contributed by atoms with van der Waals surface area (Å²) in [6, 6.07) is 7.81. The fraction of sp³-hybridized carbons (Fsp3) is 0.188. The molecule has 2 rings (SSSR count). The molecular weight excluding hydrogens is 360 g/mol. The molecule has 0 N–H and O–H groups in total. The number of hydrogen-bond acceptors (Lipinski definition) is 1. The average Bonchev–Trinajstić information content (AvgIpc) is 2.47. The molecule has 0 aliphatic heterocycles. The van der Waals surface area contributed by atoms with E-state index in [0.717, 1.165) is 5.56 Å². The van der Waals surface area contributed by atoms with E-state index in [9.17, 15) is 31.1 Å². The summed E-state index contributed by atoms with van der Waals surface area (Å²) >= 11 is 0. The van der Waals surface area contributed by atoms with E-state index >= 15 is 0 Å². The fourth-order valence-corrected chi connectivity index (χ4v) is 2.93. The van der Waals surface area contributed by atoms with Gasteiger partial charge in [0.1, 0.15) is 0 Å². The van der Waals surface area contributed by atoms with E-state index in [0.29, 0.717) is 23.5 Å². The van der Waals surface area contributed by atoms with Crippen LogP contribution in [0.2, 0.25) is 0 Å². The number of rotatable bonds is 3. The number of alkyl halides is 6. The smallest absolute Gasteiger partial charge is 0.426 e. The van der Waals surface area contributed by atoms with Crippen LogP contribution in [0.1, 0.15) is 27.0 Å². The summed E-state index contributed by atoms with van der Waals surface area (Å²) in [5.41, 5.74) is -4.91. The molecule has 0 aliphatic carbocycles. The first kappa shape index (κ1) is 21.8. The molecule has 0 fully saturated rings. The largest absolute Gasteiger partial charge is 1.00 e. The Labute approximate surface area is 153 Å². The van der Waals surface area contributed by atoms with Crippen LogP contribution in [0.15, 0.2) is 42.5 Å². The van der Waals surface area contributed by atoms with Gasteiger partial charge in [-0.3, -0.25) is 0 Å². The van der Waals surface area contributed by atoms with E-state index in [1.54, 1.807) is 19.1 Å². The molecule has 0 atom stereocenters. The van der Waals surface area contributed by atoms with Gasteiger partial charge in [0.25, 0.3) is 0 Å². The van der Waals surface area contributed by atoms with Crippen molar-refractivity contribution in [3.05, 3.63) is 64.7 Å². The van der Waals surface area contributed by atoms with E-state index in [1.165, 1.54) is 12.1 Å². The molecule has 2 aromatic rings. The Hall–Kier alpha value is -1.28. The normalized spacial score (nSPS) is 12.3. The fourth-order valence-electron chi connectivity index (χ4n) is 2.05. The molecule has 0 saturated heterocycles. The minimum atomic E-state index is -5.06. The van der Waals surface area contributed by atoms with Gasteiger partial charge in [-0.1, -0.05) is 35.9 Å². The first-order chi connectivity index (χ1) is 11.0. The Balaban J connectivity index is 0.00000312. The third-order valence-electron chi connectivity index (χ3n) is 3.15. The molecule has 0 aliphatic rings. The Morgan fingerprint density at radius 3 is 1.68 bits per heavy atom. The Morgan fingerprint density at radius 1 is 0.840 bits per heavy atom. The summed E-state index contributed by atoms with van der Waals surface area (Å²) in [5.74, 6) is 0. The number of benzene rings is 2. The van der Waals surface area contributed by atoms with Gasteiger partial charge in [0.05, 0.1) is 11.1 Å². The van der Waals surface area contributed by atoms with Gasteiger partial charge in [-0.15, -0.1) is 0 Å². The zero-order valence-corrected chi connectivity index (χ0v) is 14.1. The van der Waals surface area contributed by atoms with Gasteiger partial charge in [-0.05, 0) is 19.1 Å². The third-order valence-corrected chi connectivity index (χ3v) is 4.14. The second-order valence-electron chi connectivity index (χ2n) is 4.98. The SMILES string of the molecule is Cc1ccc([P-]C(=O)c2c(C(F)(F)F)cccc2C(F)(F)F)cc1.[Li+]. The monoisotopic (exact) mass is 370 g/mol. The minimum absolute atomic E-state index is 0. The van der Waals surface area contributed by atoms with Crippen molar-refractivity contribution in [3.63, 3.8) is 0 Å². The van der Waals surface area contributed by atoms with Gasteiger partial charge in [0.15, 0.2) is 0 Å². The molecule has 0 amide bonds. The first-order valence-corrected chi connectivity index (χ1v) is 7.50. The summed E-state index contributed by atoms with van der Waals surface area (Å²) < 4.78 is 78.3. The molecule has 0 heterocycles. The van der Waals surface area contributed by atoms with Gasteiger partial charge in [-0.25, -0.2) is 0 Å². The van der Waals surface area contributed by atoms with Crippen molar-refractivity contribution in [1.29, 1.82) is 0 Å². The second-order valence-corrected chi connectivity index (χ2v) is 6.12. The molecule has 25 heavy (non-hydrogen) atoms. The van der Waals surface area contributed by atoms with Crippen LogP contribution in [0.25, 0.3) is 0 Å². The summed E-state index contributed by atoms with van der Waals surface area (Å²) in [6.45, 7) is 1.77. The Bertz CT molecular complexity index is 720. The quantitative estimate of drug-likeness (QED) is 0.461. The number of carbonyl (C=O) groups excluding carboxylic acids is 1. The third kappa shape index (κ3) is 5.34. The van der Waals surface area contributed by atoms with E-state index in [2.05, 4.69) is 0 Å². The maximum Gasteiger partial charge on any atom is 1.00 e. The molecule has 0 spiro atoms. The van der Waals surface area contributed by atoms with Gasteiger partial charge < -0.3 is 13.4 Å². The van der Waals surface area contributed by atoms with Crippen LogP contribution in [0.5, 0.6) is 0 Å². The maximum absolute atomic E-state index is 13.0. The number of carbonyl (C=O) groups is 1. The summed E-state index contributed by atoms with van der Waals surface area (Å²) in [6.07, 6.45) is -10.1. The van der Waals surface area contributed by atoms with Crippen LogP contribution >= 0.6 is 8.58 Å². The molecule has 0 unspecified atom stereocenters. The molecule has 9 heteroatoms. The molecule has 0 aromatic heterocycles. The molecule has 0 radical (unpaired) electrons. The van der Waals surface area contributed by atoms with Gasteiger partial charge >= 0.3 is 31.2 Å². The maximum atomic E-state index is 13.0. The summed E-state index contributed by atoms with van der Waals surface area (Å²) in [4.78, 5) is 12.2. The molecule has 0 saturated carbocycles. The van der Waals surface area contributed by atoms with Crippen LogP contribution in [-0.4, -0.2) is 5.52 Å². The summed E-state index contributed by atoms with van der Waals surface area (Å²) in [7, 11) is -0.254. The van der Waals surface area contributed by atoms with Gasteiger partial charge in [0, 0.05) is 11.1 Å². The van der Waals surface area contributed by atoms with E-state index in [1.807, 2.05) is 0 Å². The van der Waals surface area contributed by atoms with Crippen molar-refractivity contribution in [2.75, 3.05) is 0 Å². The standard InChI is InChI=1S/C16H10F6OP.Li/c1-9-5-7-10(8-6-9)24-14(23)13-11(15(17,18)19)3-2-4-12(13)16(20,21)22;/h2-8H,1H3;/q-1;+1. The topological polar surface area (TPSA) is 17.1 Å². The zero-order valence-electron chi connectivity index (χ0n) is 13.2. The molecule has 1 nitrogen and oxygen atoms in total. The van der Waals surface area contributed by atoms with E-state index < -0.39 is 34.6 Å². The first-order valence-electron chi connectivity index (χ1n) is 6.60. The van der Waals surface area contributed by atoms with E-state index in [-0.39, 0.29) is 27.4 Å². The van der Waals surface area contributed by atoms with Crippen molar-refractivity contribution >= 4 is 19.4 Å².